The first kappa shape index (κ1) is 15.5. The number of halogens is 1. The molecule has 0 aliphatic rings. The second kappa shape index (κ2) is 7.11. The zero-order chi connectivity index (χ0) is 13.6. The molecule has 0 aromatic carbocycles. The average Bonchev–Trinajstić information content (AvgIpc) is 2.72. The van der Waals surface area contributed by atoms with Gasteiger partial charge in [-0.3, -0.25) is 4.79 Å². The Labute approximate surface area is 115 Å². The number of hydrogen-bond acceptors (Lipinski definition) is 5. The van der Waals surface area contributed by atoms with Gasteiger partial charge in [-0.05, 0) is 18.6 Å². The molecular formula is C11H15ClO4S2. The predicted octanol–water partition coefficient (Wildman–Crippen LogP) is 2.95. The van der Waals surface area contributed by atoms with Crippen LogP contribution in [-0.4, -0.2) is 21.0 Å². The van der Waals surface area contributed by atoms with Crippen molar-refractivity contribution in [2.45, 2.75) is 36.8 Å². The number of carbonyl (C=O) groups excluding carboxylic acids is 1. The van der Waals surface area contributed by atoms with Gasteiger partial charge < -0.3 is 4.74 Å². The van der Waals surface area contributed by atoms with Crippen LogP contribution < -0.4 is 0 Å². The van der Waals surface area contributed by atoms with Crippen LogP contribution in [-0.2, 0) is 25.0 Å². The largest absolute Gasteiger partial charge is 0.465 e. The minimum atomic E-state index is -3.70. The van der Waals surface area contributed by atoms with E-state index in [2.05, 4.69) is 6.92 Å². The fourth-order valence-corrected chi connectivity index (χ4v) is 3.42. The Morgan fingerprint density at radius 2 is 2.11 bits per heavy atom. The Bertz CT molecular complexity index is 493. The van der Waals surface area contributed by atoms with Gasteiger partial charge in [-0.2, -0.15) is 0 Å². The molecule has 0 aliphatic carbocycles. The third-order valence-electron chi connectivity index (χ3n) is 2.21. The monoisotopic (exact) mass is 310 g/mol. The smallest absolute Gasteiger partial charge is 0.311 e. The molecule has 102 valence electrons. The second-order valence-corrected chi connectivity index (χ2v) is 7.72. The highest BCUT2D eigenvalue weighted by Crippen LogP contribution is 2.25. The van der Waals surface area contributed by atoms with Crippen molar-refractivity contribution in [3.63, 3.8) is 0 Å². The van der Waals surface area contributed by atoms with Crippen LogP contribution in [0.4, 0.5) is 0 Å². The summed E-state index contributed by atoms with van der Waals surface area (Å²) >= 11 is 0.991. The maximum atomic E-state index is 11.4. The summed E-state index contributed by atoms with van der Waals surface area (Å²) in [5.74, 6) is -0.341. The van der Waals surface area contributed by atoms with Gasteiger partial charge in [0.1, 0.15) is 4.21 Å². The molecule has 0 aliphatic heterocycles. The highest BCUT2D eigenvalue weighted by molar-refractivity contribution is 8.15. The SMILES string of the molecule is CCCCCOC(=O)Cc1ccc(S(=O)(=O)Cl)s1. The molecule has 0 fully saturated rings. The van der Waals surface area contributed by atoms with Gasteiger partial charge in [-0.15, -0.1) is 11.3 Å². The van der Waals surface area contributed by atoms with Crippen LogP contribution in [0, 0.1) is 0 Å². The maximum Gasteiger partial charge on any atom is 0.311 e. The van der Waals surface area contributed by atoms with Crippen LogP contribution in [0.3, 0.4) is 0 Å². The van der Waals surface area contributed by atoms with E-state index in [9.17, 15) is 13.2 Å². The summed E-state index contributed by atoms with van der Waals surface area (Å²) in [6.07, 6.45) is 3.04. The van der Waals surface area contributed by atoms with E-state index in [1.54, 1.807) is 6.07 Å². The summed E-state index contributed by atoms with van der Waals surface area (Å²) in [7, 11) is 1.49. The highest BCUT2D eigenvalue weighted by atomic mass is 35.7. The number of thiophene rings is 1. The molecule has 4 nitrogen and oxygen atoms in total. The summed E-state index contributed by atoms with van der Waals surface area (Å²) in [4.78, 5) is 12.1. The number of carbonyl (C=O) groups is 1. The van der Waals surface area contributed by atoms with Gasteiger partial charge in [0, 0.05) is 15.6 Å². The minimum Gasteiger partial charge on any atom is -0.465 e. The second-order valence-electron chi connectivity index (χ2n) is 3.76. The number of hydrogen-bond donors (Lipinski definition) is 0. The lowest BCUT2D eigenvalue weighted by molar-refractivity contribution is -0.142. The zero-order valence-corrected chi connectivity index (χ0v) is 12.4. The molecule has 0 N–H and O–H groups in total. The number of esters is 1. The lowest BCUT2D eigenvalue weighted by Crippen LogP contribution is -2.08. The third kappa shape index (κ3) is 5.37. The molecule has 1 heterocycles. The molecule has 0 spiro atoms. The maximum absolute atomic E-state index is 11.4. The molecule has 0 saturated carbocycles. The van der Waals surface area contributed by atoms with Gasteiger partial charge in [-0.25, -0.2) is 8.42 Å². The van der Waals surface area contributed by atoms with Crippen LogP contribution in [0.15, 0.2) is 16.3 Å². The van der Waals surface area contributed by atoms with Crippen molar-refractivity contribution < 1.29 is 17.9 Å². The minimum absolute atomic E-state index is 0.0537. The first-order chi connectivity index (χ1) is 8.43. The molecule has 1 rings (SSSR count). The van der Waals surface area contributed by atoms with Crippen LogP contribution in [0.5, 0.6) is 0 Å². The van der Waals surface area contributed by atoms with Crippen molar-refractivity contribution >= 4 is 37.0 Å². The van der Waals surface area contributed by atoms with Gasteiger partial charge in [0.15, 0.2) is 0 Å². The van der Waals surface area contributed by atoms with E-state index in [1.165, 1.54) is 6.07 Å². The summed E-state index contributed by atoms with van der Waals surface area (Å²) in [6.45, 7) is 2.49. The number of rotatable bonds is 7. The molecule has 18 heavy (non-hydrogen) atoms. The van der Waals surface area contributed by atoms with Crippen molar-refractivity contribution in [2.24, 2.45) is 0 Å². The number of ether oxygens (including phenoxy) is 1. The quantitative estimate of drug-likeness (QED) is 0.441. The molecule has 0 unspecified atom stereocenters. The van der Waals surface area contributed by atoms with Crippen molar-refractivity contribution in [1.29, 1.82) is 0 Å². The first-order valence-electron chi connectivity index (χ1n) is 5.62. The van der Waals surface area contributed by atoms with Crippen LogP contribution in [0.1, 0.15) is 31.1 Å². The van der Waals surface area contributed by atoms with Gasteiger partial charge in [-0.1, -0.05) is 19.8 Å². The van der Waals surface area contributed by atoms with Gasteiger partial charge in [0.25, 0.3) is 9.05 Å². The van der Waals surface area contributed by atoms with Gasteiger partial charge in [0.2, 0.25) is 0 Å². The summed E-state index contributed by atoms with van der Waals surface area (Å²) in [5.41, 5.74) is 0. The van der Waals surface area contributed by atoms with E-state index in [0.29, 0.717) is 11.5 Å². The molecule has 7 heteroatoms. The van der Waals surface area contributed by atoms with E-state index < -0.39 is 9.05 Å². The number of unbranched alkanes of at least 4 members (excludes halogenated alkanes) is 2. The first-order valence-corrected chi connectivity index (χ1v) is 8.75. The fraction of sp³-hybridized carbons (Fsp3) is 0.545. The van der Waals surface area contributed by atoms with Crippen LogP contribution in [0.25, 0.3) is 0 Å². The van der Waals surface area contributed by atoms with E-state index in [4.69, 9.17) is 15.4 Å². The lowest BCUT2D eigenvalue weighted by atomic mass is 10.3. The molecular weight excluding hydrogens is 296 g/mol. The predicted molar refractivity (Wildman–Crippen MR) is 71.5 cm³/mol. The van der Waals surface area contributed by atoms with Crippen molar-refractivity contribution in [2.75, 3.05) is 6.61 Å². The standard InChI is InChI=1S/C11H15ClO4S2/c1-2-3-4-7-16-10(13)8-9-5-6-11(17-9)18(12,14)15/h5-6H,2-4,7-8H2,1H3. The van der Waals surface area contributed by atoms with Gasteiger partial charge >= 0.3 is 5.97 Å². The molecule has 0 atom stereocenters. The van der Waals surface area contributed by atoms with Crippen LogP contribution in [0.2, 0.25) is 0 Å². The van der Waals surface area contributed by atoms with Gasteiger partial charge in [0.05, 0.1) is 13.0 Å². The molecule has 0 radical (unpaired) electrons. The normalized spacial score (nSPS) is 11.4. The van der Waals surface area contributed by atoms with Crippen molar-refractivity contribution in [3.8, 4) is 0 Å². The molecule has 0 saturated heterocycles. The zero-order valence-electron chi connectivity index (χ0n) is 10.0. The van der Waals surface area contributed by atoms with E-state index in [0.717, 1.165) is 30.6 Å². The molecule has 0 amide bonds. The molecule has 0 bridgehead atoms. The Kier molecular flexibility index (Phi) is 6.11. The van der Waals surface area contributed by atoms with Crippen molar-refractivity contribution in [1.82, 2.24) is 0 Å². The highest BCUT2D eigenvalue weighted by Gasteiger charge is 2.15. The topological polar surface area (TPSA) is 60.4 Å². The molecule has 1 aromatic heterocycles. The van der Waals surface area contributed by atoms with Crippen LogP contribution >= 0.6 is 22.0 Å². The summed E-state index contributed by atoms with van der Waals surface area (Å²) in [5, 5.41) is 0. The van der Waals surface area contributed by atoms with E-state index in [-0.39, 0.29) is 16.6 Å². The Balaban J connectivity index is 2.43. The van der Waals surface area contributed by atoms with Crippen molar-refractivity contribution in [3.05, 3.63) is 17.0 Å². The Hall–Kier alpha value is -0.590. The van der Waals surface area contributed by atoms with E-state index in [1.807, 2.05) is 0 Å². The van der Waals surface area contributed by atoms with E-state index >= 15 is 0 Å². The summed E-state index contributed by atoms with van der Waals surface area (Å²) in [6, 6.07) is 2.97. The third-order valence-corrected chi connectivity index (χ3v) is 5.38. The molecule has 1 aromatic rings. The Morgan fingerprint density at radius 3 is 2.67 bits per heavy atom. The fourth-order valence-electron chi connectivity index (χ4n) is 1.32. The summed E-state index contributed by atoms with van der Waals surface area (Å²) < 4.78 is 27.2. The Morgan fingerprint density at radius 1 is 1.39 bits per heavy atom. The lowest BCUT2D eigenvalue weighted by Gasteiger charge is -2.02. The average molecular weight is 311 g/mol.